The molecule has 0 aromatic carbocycles. The van der Waals surface area contributed by atoms with Gasteiger partial charge in [0.05, 0.1) is 6.54 Å². The van der Waals surface area contributed by atoms with Gasteiger partial charge >= 0.3 is 0 Å². The number of aromatic nitrogens is 5. The minimum Gasteiger partial charge on any atom is -0.374 e. The van der Waals surface area contributed by atoms with Crippen LogP contribution in [-0.4, -0.2) is 30.9 Å². The second-order valence-corrected chi connectivity index (χ2v) is 3.43. The van der Waals surface area contributed by atoms with Crippen molar-refractivity contribution in [1.29, 1.82) is 0 Å². The van der Waals surface area contributed by atoms with E-state index in [2.05, 4.69) is 25.0 Å². The number of anilines is 1. The predicted octanol–water partition coefficient (Wildman–Crippen LogP) is 0.610. The molecule has 6 nitrogen and oxygen atoms in total. The van der Waals surface area contributed by atoms with E-state index in [-0.39, 0.29) is 0 Å². The van der Waals surface area contributed by atoms with E-state index in [9.17, 15) is 0 Å². The van der Waals surface area contributed by atoms with E-state index in [1.807, 2.05) is 6.92 Å². The first-order valence-corrected chi connectivity index (χ1v) is 5.05. The molecular formula is C7H10N6S. The normalized spacial score (nSPS) is 10.4. The van der Waals surface area contributed by atoms with Crippen LogP contribution in [0.2, 0.25) is 0 Å². The summed E-state index contributed by atoms with van der Waals surface area (Å²) in [4.78, 5) is 3.87. The quantitative estimate of drug-likeness (QED) is 0.800. The lowest BCUT2D eigenvalue weighted by Gasteiger charge is -2.01. The van der Waals surface area contributed by atoms with Gasteiger partial charge in [0.25, 0.3) is 0 Å². The molecule has 2 aromatic rings. The van der Waals surface area contributed by atoms with Crippen LogP contribution in [0.25, 0.3) is 0 Å². The first-order chi connectivity index (χ1) is 6.90. The first kappa shape index (κ1) is 9.07. The Bertz CT molecular complexity index is 381. The zero-order valence-electron chi connectivity index (χ0n) is 7.71. The van der Waals surface area contributed by atoms with E-state index in [4.69, 9.17) is 0 Å². The summed E-state index contributed by atoms with van der Waals surface area (Å²) in [5, 5.41) is 12.2. The molecule has 1 N–H and O–H groups in total. The molecule has 0 atom stereocenters. The SMILES string of the molecule is CCNc1snnc1Cn1cncn1. The third-order valence-corrected chi connectivity index (χ3v) is 2.40. The zero-order chi connectivity index (χ0) is 9.80. The summed E-state index contributed by atoms with van der Waals surface area (Å²) >= 11 is 1.36. The van der Waals surface area contributed by atoms with Crippen LogP contribution >= 0.6 is 11.5 Å². The predicted molar refractivity (Wildman–Crippen MR) is 53.2 cm³/mol. The molecule has 14 heavy (non-hydrogen) atoms. The van der Waals surface area contributed by atoms with Crippen molar-refractivity contribution < 1.29 is 0 Å². The number of hydrogen-bond acceptors (Lipinski definition) is 6. The van der Waals surface area contributed by atoms with E-state index in [0.29, 0.717) is 6.54 Å². The van der Waals surface area contributed by atoms with E-state index < -0.39 is 0 Å². The molecule has 0 radical (unpaired) electrons. The molecule has 0 spiro atoms. The smallest absolute Gasteiger partial charge is 0.137 e. The third-order valence-electron chi connectivity index (χ3n) is 1.67. The number of nitrogens with one attached hydrogen (secondary N) is 1. The van der Waals surface area contributed by atoms with Crippen molar-refractivity contribution in [3.63, 3.8) is 0 Å². The van der Waals surface area contributed by atoms with Gasteiger partial charge in [-0.15, -0.1) is 5.10 Å². The fourth-order valence-electron chi connectivity index (χ4n) is 1.07. The van der Waals surface area contributed by atoms with Crippen LogP contribution in [-0.2, 0) is 6.54 Å². The standard InChI is InChI=1S/C7H10N6S/c1-2-9-7-6(11-12-14-7)3-13-5-8-4-10-13/h4-5,9H,2-3H2,1H3. The number of nitrogens with zero attached hydrogens (tertiary/aromatic N) is 5. The van der Waals surface area contributed by atoms with Crippen LogP contribution in [0.1, 0.15) is 12.6 Å². The Balaban J connectivity index is 2.12. The summed E-state index contributed by atoms with van der Waals surface area (Å²) in [5.41, 5.74) is 0.905. The van der Waals surface area contributed by atoms with Crippen molar-refractivity contribution >= 4 is 16.5 Å². The third kappa shape index (κ3) is 1.87. The van der Waals surface area contributed by atoms with Gasteiger partial charge in [-0.05, 0) is 6.92 Å². The van der Waals surface area contributed by atoms with Crippen LogP contribution in [0.5, 0.6) is 0 Å². The molecule has 7 heteroatoms. The highest BCUT2D eigenvalue weighted by Crippen LogP contribution is 2.17. The molecular weight excluding hydrogens is 200 g/mol. The Hall–Kier alpha value is -1.50. The van der Waals surface area contributed by atoms with E-state index in [0.717, 1.165) is 17.2 Å². The Labute approximate surface area is 85.1 Å². The van der Waals surface area contributed by atoms with Crippen molar-refractivity contribution in [3.05, 3.63) is 18.3 Å². The molecule has 74 valence electrons. The minimum atomic E-state index is 0.610. The highest BCUT2D eigenvalue weighted by Gasteiger charge is 2.07. The molecule has 2 heterocycles. The van der Waals surface area contributed by atoms with Gasteiger partial charge in [0.1, 0.15) is 23.3 Å². The maximum atomic E-state index is 4.03. The van der Waals surface area contributed by atoms with Gasteiger partial charge in [-0.1, -0.05) is 4.49 Å². The van der Waals surface area contributed by atoms with Crippen molar-refractivity contribution in [3.8, 4) is 0 Å². The minimum absolute atomic E-state index is 0.610. The van der Waals surface area contributed by atoms with Crippen molar-refractivity contribution in [1.82, 2.24) is 24.4 Å². The maximum Gasteiger partial charge on any atom is 0.137 e. The molecule has 2 aromatic heterocycles. The van der Waals surface area contributed by atoms with Crippen LogP contribution in [0, 0.1) is 0 Å². The monoisotopic (exact) mass is 210 g/mol. The first-order valence-electron chi connectivity index (χ1n) is 4.27. The second-order valence-electron chi connectivity index (χ2n) is 2.67. The summed E-state index contributed by atoms with van der Waals surface area (Å²) < 4.78 is 5.61. The average Bonchev–Trinajstić information content (AvgIpc) is 2.80. The maximum absolute atomic E-state index is 4.03. The number of rotatable bonds is 4. The largest absolute Gasteiger partial charge is 0.374 e. The Morgan fingerprint density at radius 2 is 2.50 bits per heavy atom. The van der Waals surface area contributed by atoms with Crippen molar-refractivity contribution in [2.24, 2.45) is 0 Å². The lowest BCUT2D eigenvalue weighted by Crippen LogP contribution is -2.04. The average molecular weight is 210 g/mol. The topological polar surface area (TPSA) is 68.5 Å². The molecule has 0 saturated carbocycles. The Morgan fingerprint density at radius 3 is 3.21 bits per heavy atom. The van der Waals surface area contributed by atoms with Gasteiger partial charge in [-0.2, -0.15) is 5.10 Å². The van der Waals surface area contributed by atoms with Crippen LogP contribution in [0.4, 0.5) is 5.00 Å². The van der Waals surface area contributed by atoms with Crippen LogP contribution in [0.15, 0.2) is 12.7 Å². The second kappa shape index (κ2) is 4.14. The summed E-state index contributed by atoms with van der Waals surface area (Å²) in [5.74, 6) is 0. The molecule has 0 saturated heterocycles. The molecule has 0 aliphatic rings. The van der Waals surface area contributed by atoms with Gasteiger partial charge in [0.15, 0.2) is 0 Å². The fraction of sp³-hybridized carbons (Fsp3) is 0.429. The van der Waals surface area contributed by atoms with Crippen LogP contribution in [0.3, 0.4) is 0 Å². The molecule has 0 amide bonds. The molecule has 0 bridgehead atoms. The summed E-state index contributed by atoms with van der Waals surface area (Å²) in [6.45, 7) is 3.52. The van der Waals surface area contributed by atoms with E-state index in [1.165, 1.54) is 17.9 Å². The van der Waals surface area contributed by atoms with Crippen molar-refractivity contribution in [2.75, 3.05) is 11.9 Å². The highest BCUT2D eigenvalue weighted by atomic mass is 32.1. The van der Waals surface area contributed by atoms with Gasteiger partial charge in [-0.25, -0.2) is 9.67 Å². The van der Waals surface area contributed by atoms with Gasteiger partial charge in [0, 0.05) is 18.1 Å². The summed E-state index contributed by atoms with van der Waals surface area (Å²) in [6, 6.07) is 0. The highest BCUT2D eigenvalue weighted by molar-refractivity contribution is 7.10. The molecule has 0 unspecified atom stereocenters. The fourth-order valence-corrected chi connectivity index (χ4v) is 1.72. The van der Waals surface area contributed by atoms with E-state index in [1.54, 1.807) is 11.0 Å². The van der Waals surface area contributed by atoms with Gasteiger partial charge in [-0.3, -0.25) is 0 Å². The van der Waals surface area contributed by atoms with Crippen LogP contribution < -0.4 is 5.32 Å². The molecule has 2 rings (SSSR count). The summed E-state index contributed by atoms with van der Waals surface area (Å²) in [6.07, 6.45) is 3.17. The summed E-state index contributed by atoms with van der Waals surface area (Å²) in [7, 11) is 0. The molecule has 0 aliphatic heterocycles. The zero-order valence-corrected chi connectivity index (χ0v) is 8.53. The van der Waals surface area contributed by atoms with E-state index >= 15 is 0 Å². The Morgan fingerprint density at radius 1 is 1.57 bits per heavy atom. The number of hydrogen-bond donors (Lipinski definition) is 1. The molecule has 0 aliphatic carbocycles. The van der Waals surface area contributed by atoms with Crippen molar-refractivity contribution in [2.45, 2.75) is 13.5 Å². The lowest BCUT2D eigenvalue weighted by atomic mass is 10.4. The Kier molecular flexibility index (Phi) is 2.68. The lowest BCUT2D eigenvalue weighted by molar-refractivity contribution is 0.669. The van der Waals surface area contributed by atoms with Gasteiger partial charge < -0.3 is 5.32 Å². The van der Waals surface area contributed by atoms with Gasteiger partial charge in [0.2, 0.25) is 0 Å². The molecule has 0 fully saturated rings.